The van der Waals surface area contributed by atoms with Gasteiger partial charge >= 0.3 is 0 Å². The maximum Gasteiger partial charge on any atom is 0.237 e. The fraction of sp³-hybridized carbons (Fsp3) is 0.154. The molecule has 1 aliphatic carbocycles. The van der Waals surface area contributed by atoms with Crippen LogP contribution in [-0.4, -0.2) is 24.1 Å². The normalized spacial score (nSPS) is 14.3. The molecule has 0 atom stereocenters. The van der Waals surface area contributed by atoms with Gasteiger partial charge in [0.15, 0.2) is 0 Å². The fourth-order valence-corrected chi connectivity index (χ4v) is 3.87. The first kappa shape index (κ1) is 19.5. The van der Waals surface area contributed by atoms with Crippen molar-refractivity contribution < 1.29 is 9.48 Å². The average Bonchev–Trinajstić information content (AvgIpc) is 3.12. The molecule has 0 spiro atoms. The highest BCUT2D eigenvalue weighted by Crippen LogP contribution is 2.39. The summed E-state index contributed by atoms with van der Waals surface area (Å²) in [6.45, 7) is 0.584. The second-order valence-electron chi connectivity index (χ2n) is 7.22. The van der Waals surface area contributed by atoms with E-state index in [0.717, 1.165) is 39.8 Å². The summed E-state index contributed by atoms with van der Waals surface area (Å²) in [5.41, 5.74) is 5.41. The minimum absolute atomic E-state index is 0.390. The minimum Gasteiger partial charge on any atom is -0.624 e. The summed E-state index contributed by atoms with van der Waals surface area (Å²) >= 11 is 0. The van der Waals surface area contributed by atoms with Crippen LogP contribution in [0.4, 0.5) is 0 Å². The van der Waals surface area contributed by atoms with E-state index in [0.29, 0.717) is 23.6 Å². The number of hydrogen-bond acceptors (Lipinski definition) is 3. The van der Waals surface area contributed by atoms with Gasteiger partial charge in [0.1, 0.15) is 24.4 Å². The monoisotopic (exact) mass is 394 g/mol. The molecule has 0 heterocycles. The van der Waals surface area contributed by atoms with Gasteiger partial charge in [0.2, 0.25) is 5.71 Å². The SMILES string of the molecule is C/[N+]([O-])=C1\C(C#N)=C(c2ccccc2)c2ccc(OCCCc3ccccc3)cc21. The highest BCUT2D eigenvalue weighted by molar-refractivity contribution is 6.25. The van der Waals surface area contributed by atoms with Crippen LogP contribution in [0.3, 0.4) is 0 Å². The zero-order valence-electron chi connectivity index (χ0n) is 16.8. The first-order valence-electron chi connectivity index (χ1n) is 9.98. The van der Waals surface area contributed by atoms with Crippen LogP contribution >= 0.6 is 0 Å². The molecule has 0 aliphatic heterocycles. The van der Waals surface area contributed by atoms with E-state index >= 15 is 0 Å². The molecular weight excluding hydrogens is 372 g/mol. The van der Waals surface area contributed by atoms with Crippen LogP contribution < -0.4 is 4.74 Å². The smallest absolute Gasteiger partial charge is 0.237 e. The largest absolute Gasteiger partial charge is 0.624 e. The summed E-state index contributed by atoms with van der Waals surface area (Å²) < 4.78 is 6.73. The zero-order chi connectivity index (χ0) is 20.9. The van der Waals surface area contributed by atoms with Gasteiger partial charge in [-0.1, -0.05) is 60.7 Å². The van der Waals surface area contributed by atoms with Crippen molar-refractivity contribution in [2.24, 2.45) is 0 Å². The maximum absolute atomic E-state index is 12.3. The van der Waals surface area contributed by atoms with Crippen molar-refractivity contribution in [2.45, 2.75) is 12.8 Å². The van der Waals surface area contributed by atoms with Gasteiger partial charge in [0.05, 0.1) is 12.2 Å². The Hall–Kier alpha value is -3.84. The van der Waals surface area contributed by atoms with Gasteiger partial charge in [-0.15, -0.1) is 0 Å². The first-order chi connectivity index (χ1) is 14.7. The Kier molecular flexibility index (Phi) is 5.63. The molecule has 0 fully saturated rings. The van der Waals surface area contributed by atoms with Crippen molar-refractivity contribution in [1.29, 1.82) is 5.26 Å². The van der Waals surface area contributed by atoms with Gasteiger partial charge in [0.25, 0.3) is 0 Å². The molecule has 4 nitrogen and oxygen atoms in total. The lowest BCUT2D eigenvalue weighted by Crippen LogP contribution is -2.13. The Bertz CT molecular complexity index is 1150. The molecule has 0 amide bonds. The molecule has 0 saturated carbocycles. The molecule has 1 aliphatic rings. The third-order valence-corrected chi connectivity index (χ3v) is 5.21. The second kappa shape index (κ2) is 8.67. The quantitative estimate of drug-likeness (QED) is 0.257. The van der Waals surface area contributed by atoms with E-state index in [1.54, 1.807) is 0 Å². The Morgan fingerprint density at radius 1 is 0.933 bits per heavy atom. The number of ether oxygens (including phenoxy) is 1. The van der Waals surface area contributed by atoms with Gasteiger partial charge in [-0.25, -0.2) is 4.74 Å². The van der Waals surface area contributed by atoms with Crippen LogP contribution in [0.25, 0.3) is 5.57 Å². The van der Waals surface area contributed by atoms with Crippen LogP contribution in [0.15, 0.2) is 84.4 Å². The van der Waals surface area contributed by atoms with Crippen molar-refractivity contribution in [3.8, 4) is 11.8 Å². The summed E-state index contributed by atoms with van der Waals surface area (Å²) in [6.07, 6.45) is 1.85. The van der Waals surface area contributed by atoms with E-state index in [1.165, 1.54) is 12.6 Å². The Morgan fingerprint density at radius 3 is 2.30 bits per heavy atom. The van der Waals surface area contributed by atoms with Crippen LogP contribution in [0, 0.1) is 16.5 Å². The van der Waals surface area contributed by atoms with Crippen molar-refractivity contribution in [1.82, 2.24) is 0 Å². The molecule has 3 aromatic rings. The van der Waals surface area contributed by atoms with E-state index in [2.05, 4.69) is 18.2 Å². The molecule has 3 aromatic carbocycles. The minimum atomic E-state index is 0.390. The predicted molar refractivity (Wildman–Crippen MR) is 118 cm³/mol. The second-order valence-corrected chi connectivity index (χ2v) is 7.22. The van der Waals surface area contributed by atoms with E-state index in [4.69, 9.17) is 4.74 Å². The topological polar surface area (TPSA) is 59.1 Å². The molecular formula is C26H22N2O2. The first-order valence-corrected chi connectivity index (χ1v) is 9.98. The third-order valence-electron chi connectivity index (χ3n) is 5.21. The van der Waals surface area contributed by atoms with Crippen molar-refractivity contribution in [3.63, 3.8) is 0 Å². The van der Waals surface area contributed by atoms with Gasteiger partial charge in [-0.3, -0.25) is 0 Å². The van der Waals surface area contributed by atoms with Crippen molar-refractivity contribution in [2.75, 3.05) is 13.7 Å². The van der Waals surface area contributed by atoms with E-state index in [9.17, 15) is 10.5 Å². The number of rotatable bonds is 6. The lowest BCUT2D eigenvalue weighted by atomic mass is 9.98. The average molecular weight is 394 g/mol. The molecule has 4 rings (SSSR count). The molecule has 0 N–H and O–H groups in total. The molecule has 0 bridgehead atoms. The molecule has 0 aromatic heterocycles. The molecule has 0 saturated heterocycles. The lowest BCUT2D eigenvalue weighted by molar-refractivity contribution is -0.421. The third kappa shape index (κ3) is 3.83. The lowest BCUT2D eigenvalue weighted by Gasteiger charge is -2.10. The van der Waals surface area contributed by atoms with E-state index < -0.39 is 0 Å². The predicted octanol–water partition coefficient (Wildman–Crippen LogP) is 4.97. The maximum atomic E-state index is 12.3. The number of fused-ring (bicyclic) bond motifs is 1. The molecule has 4 heteroatoms. The fourth-order valence-electron chi connectivity index (χ4n) is 3.87. The Balaban J connectivity index is 1.59. The van der Waals surface area contributed by atoms with E-state index in [1.807, 2.05) is 66.7 Å². The summed E-state index contributed by atoms with van der Waals surface area (Å²) in [7, 11) is 1.43. The molecule has 148 valence electrons. The Morgan fingerprint density at radius 2 is 1.63 bits per heavy atom. The number of allylic oxidation sites excluding steroid dienone is 1. The van der Waals surface area contributed by atoms with Gasteiger partial charge < -0.3 is 9.94 Å². The van der Waals surface area contributed by atoms with E-state index in [-0.39, 0.29) is 0 Å². The number of nitrogens with zero attached hydrogens (tertiary/aromatic N) is 2. The van der Waals surface area contributed by atoms with Crippen LogP contribution in [0.1, 0.15) is 28.7 Å². The van der Waals surface area contributed by atoms with Crippen LogP contribution in [-0.2, 0) is 6.42 Å². The molecule has 0 radical (unpaired) electrons. The van der Waals surface area contributed by atoms with Crippen molar-refractivity contribution in [3.05, 3.63) is 112 Å². The molecule has 0 unspecified atom stereocenters. The number of aryl methyl sites for hydroxylation is 1. The highest BCUT2D eigenvalue weighted by Gasteiger charge is 2.34. The van der Waals surface area contributed by atoms with Gasteiger partial charge in [-0.05, 0) is 47.7 Å². The Labute approximate surface area is 176 Å². The van der Waals surface area contributed by atoms with Gasteiger partial charge in [0, 0.05) is 5.57 Å². The van der Waals surface area contributed by atoms with Gasteiger partial charge in [-0.2, -0.15) is 5.26 Å². The van der Waals surface area contributed by atoms with Crippen LogP contribution in [0.2, 0.25) is 0 Å². The summed E-state index contributed by atoms with van der Waals surface area (Å²) in [5.74, 6) is 0.702. The van der Waals surface area contributed by atoms with Crippen LogP contribution in [0.5, 0.6) is 5.75 Å². The number of nitriles is 1. The highest BCUT2D eigenvalue weighted by atomic mass is 16.5. The summed E-state index contributed by atoms with van der Waals surface area (Å²) in [4.78, 5) is 0. The summed E-state index contributed by atoms with van der Waals surface area (Å²) in [5, 5.41) is 22.2. The number of hydrogen-bond donors (Lipinski definition) is 0. The standard InChI is InChI=1S/C26H22N2O2/c1-28(29)26-23-17-21(30-16-8-11-19-9-4-2-5-10-19)14-15-22(23)25(24(26)18-27)20-12-6-3-7-13-20/h2-7,9-10,12-15,17H,8,11,16H2,1H3/b28-26+. The summed E-state index contributed by atoms with van der Waals surface area (Å²) in [6, 6.07) is 28.0. The molecule has 30 heavy (non-hydrogen) atoms. The zero-order valence-corrected chi connectivity index (χ0v) is 16.8. The van der Waals surface area contributed by atoms with Crippen molar-refractivity contribution >= 4 is 11.3 Å². The number of hydroxylamine groups is 1. The number of benzene rings is 3.